The van der Waals surface area contributed by atoms with Crippen LogP contribution in [0.5, 0.6) is 0 Å². The molecule has 0 radical (unpaired) electrons. The number of carbonyl (C=O) groups is 2. The van der Waals surface area contributed by atoms with Gasteiger partial charge < -0.3 is 9.52 Å². The molecule has 1 aliphatic heterocycles. The number of aliphatic hydroxyl groups is 1. The van der Waals surface area contributed by atoms with Crippen LogP contribution < -0.4 is 4.90 Å². The second-order valence-corrected chi connectivity index (χ2v) is 11.5. The van der Waals surface area contributed by atoms with E-state index in [1.807, 2.05) is 48.5 Å². The molecule has 5 rings (SSSR count). The van der Waals surface area contributed by atoms with Crippen LogP contribution in [-0.4, -0.2) is 16.8 Å². The van der Waals surface area contributed by atoms with Crippen LogP contribution in [0.3, 0.4) is 0 Å². The summed E-state index contributed by atoms with van der Waals surface area (Å²) in [6.07, 6.45) is 0. The first kappa shape index (κ1) is 25.8. The van der Waals surface area contributed by atoms with Gasteiger partial charge in [-0.3, -0.25) is 14.5 Å². The predicted molar refractivity (Wildman–Crippen MR) is 151 cm³/mol. The smallest absolute Gasteiger partial charge is 0.294 e. The van der Waals surface area contributed by atoms with Crippen LogP contribution in [0.4, 0.5) is 5.69 Å². The summed E-state index contributed by atoms with van der Waals surface area (Å²) in [5, 5.41) is 12.3. The fourth-order valence-corrected chi connectivity index (χ4v) is 5.04. The number of furan rings is 1. The highest BCUT2D eigenvalue weighted by atomic mass is 35.5. The fraction of sp³-hybridized carbons (Fsp3) is 0.250. The Kier molecular flexibility index (Phi) is 6.44. The number of Topliss-reactive ketones (excluding diaryl/α,β-unsaturated/α-hetero) is 1. The molecule has 194 valence electrons. The van der Waals surface area contributed by atoms with Crippen molar-refractivity contribution in [1.29, 1.82) is 0 Å². The molecule has 0 fully saturated rings. The van der Waals surface area contributed by atoms with Crippen LogP contribution in [0.1, 0.15) is 73.8 Å². The minimum Gasteiger partial charge on any atom is -0.503 e. The number of aliphatic hydroxyl groups excluding tert-OH is 1. The van der Waals surface area contributed by atoms with E-state index < -0.39 is 23.5 Å². The van der Waals surface area contributed by atoms with E-state index >= 15 is 0 Å². The number of rotatable bonds is 5. The summed E-state index contributed by atoms with van der Waals surface area (Å²) in [5.41, 5.74) is 3.96. The lowest BCUT2D eigenvalue weighted by atomic mass is 9.85. The summed E-state index contributed by atoms with van der Waals surface area (Å²) in [7, 11) is 0. The molecule has 1 unspecified atom stereocenters. The minimum absolute atomic E-state index is 0.0170. The Morgan fingerprint density at radius 1 is 0.974 bits per heavy atom. The molecular formula is C32H30ClNO4. The normalized spacial score (nSPS) is 16.2. The SMILES string of the molecule is CC(C)c1ccc(N2C(=O)C(O)=C(C(=O)c3cc4cc(Cl)ccc4o3)C2c2ccc(C(C)(C)C)cc2)cc1. The summed E-state index contributed by atoms with van der Waals surface area (Å²) in [5.74, 6) is -1.40. The summed E-state index contributed by atoms with van der Waals surface area (Å²) < 4.78 is 5.83. The van der Waals surface area contributed by atoms with Crippen molar-refractivity contribution in [2.45, 2.75) is 52.0 Å². The number of carbonyl (C=O) groups excluding carboxylic acids is 2. The number of halogens is 1. The van der Waals surface area contributed by atoms with Crippen LogP contribution in [0.2, 0.25) is 5.02 Å². The number of nitrogens with zero attached hydrogens (tertiary/aromatic N) is 1. The third-order valence-corrected chi connectivity index (χ3v) is 7.32. The van der Waals surface area contributed by atoms with Gasteiger partial charge in [-0.1, -0.05) is 82.6 Å². The molecule has 0 saturated heterocycles. The van der Waals surface area contributed by atoms with E-state index in [1.165, 1.54) is 4.90 Å². The van der Waals surface area contributed by atoms with Gasteiger partial charge in [0, 0.05) is 16.1 Å². The zero-order valence-electron chi connectivity index (χ0n) is 22.1. The highest BCUT2D eigenvalue weighted by Gasteiger charge is 2.45. The lowest BCUT2D eigenvalue weighted by Gasteiger charge is -2.28. The first-order chi connectivity index (χ1) is 18.0. The monoisotopic (exact) mass is 527 g/mol. The Balaban J connectivity index is 1.63. The third kappa shape index (κ3) is 4.52. The van der Waals surface area contributed by atoms with Crippen molar-refractivity contribution in [3.05, 3.63) is 112 Å². The standard InChI is InChI=1S/C32H30ClNO4/c1-18(2)19-8-13-24(14-9-19)34-28(20-6-10-22(11-7-20)32(3,4)5)27(30(36)31(34)37)29(35)26-17-21-16-23(33)12-15-25(21)38-26/h6-18,28,36H,1-5H3. The van der Waals surface area contributed by atoms with Crippen LogP contribution in [0.15, 0.2) is 88.5 Å². The predicted octanol–water partition coefficient (Wildman–Crippen LogP) is 8.29. The van der Waals surface area contributed by atoms with Gasteiger partial charge in [-0.05, 0) is 64.4 Å². The van der Waals surface area contributed by atoms with Crippen molar-refractivity contribution in [2.75, 3.05) is 4.90 Å². The Morgan fingerprint density at radius 2 is 1.63 bits per heavy atom. The zero-order valence-corrected chi connectivity index (χ0v) is 22.8. The van der Waals surface area contributed by atoms with Gasteiger partial charge in [0.25, 0.3) is 5.91 Å². The van der Waals surface area contributed by atoms with Crippen LogP contribution in [0.25, 0.3) is 11.0 Å². The molecule has 1 amide bonds. The van der Waals surface area contributed by atoms with Crippen LogP contribution in [0, 0.1) is 0 Å². The van der Waals surface area contributed by atoms with Gasteiger partial charge in [-0.15, -0.1) is 0 Å². The van der Waals surface area contributed by atoms with E-state index in [0.717, 1.165) is 11.1 Å². The van der Waals surface area contributed by atoms with E-state index in [-0.39, 0.29) is 16.7 Å². The van der Waals surface area contributed by atoms with Gasteiger partial charge in [-0.2, -0.15) is 0 Å². The molecule has 1 atom stereocenters. The third-order valence-electron chi connectivity index (χ3n) is 7.09. The van der Waals surface area contributed by atoms with Crippen LogP contribution in [-0.2, 0) is 10.2 Å². The average Bonchev–Trinajstić information content (AvgIpc) is 3.41. The van der Waals surface area contributed by atoms with Gasteiger partial charge in [0.2, 0.25) is 5.78 Å². The molecule has 0 saturated carbocycles. The van der Waals surface area contributed by atoms with E-state index in [2.05, 4.69) is 34.6 Å². The summed E-state index contributed by atoms with van der Waals surface area (Å²) in [6.45, 7) is 10.6. The number of ketones is 1. The molecule has 0 aliphatic carbocycles. The Hall–Kier alpha value is -3.83. The Morgan fingerprint density at radius 3 is 2.24 bits per heavy atom. The van der Waals surface area contributed by atoms with Crippen molar-refractivity contribution in [1.82, 2.24) is 0 Å². The second kappa shape index (κ2) is 9.48. The van der Waals surface area contributed by atoms with Crippen LogP contribution >= 0.6 is 11.6 Å². The summed E-state index contributed by atoms with van der Waals surface area (Å²) >= 11 is 6.12. The van der Waals surface area contributed by atoms with Gasteiger partial charge in [0.05, 0.1) is 11.6 Å². The first-order valence-corrected chi connectivity index (χ1v) is 13.0. The number of hydrogen-bond donors (Lipinski definition) is 1. The molecule has 1 aliphatic rings. The topological polar surface area (TPSA) is 70.8 Å². The van der Waals surface area contributed by atoms with Gasteiger partial charge in [0.1, 0.15) is 5.58 Å². The van der Waals surface area contributed by atoms with Gasteiger partial charge in [-0.25, -0.2) is 0 Å². The Labute approximate surface area is 227 Å². The molecule has 6 heteroatoms. The van der Waals surface area contributed by atoms with Crippen molar-refractivity contribution in [3.63, 3.8) is 0 Å². The average molecular weight is 528 g/mol. The second-order valence-electron chi connectivity index (χ2n) is 11.1. The molecule has 2 heterocycles. The van der Waals surface area contributed by atoms with Crippen molar-refractivity contribution in [3.8, 4) is 0 Å². The van der Waals surface area contributed by atoms with E-state index in [9.17, 15) is 14.7 Å². The highest BCUT2D eigenvalue weighted by Crippen LogP contribution is 2.43. The molecule has 1 N–H and O–H groups in total. The number of fused-ring (bicyclic) bond motifs is 1. The molecule has 4 aromatic rings. The molecule has 5 nitrogen and oxygen atoms in total. The fourth-order valence-electron chi connectivity index (χ4n) is 4.86. The van der Waals surface area contributed by atoms with E-state index in [0.29, 0.717) is 33.2 Å². The molecule has 0 bridgehead atoms. The molecule has 0 spiro atoms. The summed E-state index contributed by atoms with van der Waals surface area (Å²) in [4.78, 5) is 28.9. The lowest BCUT2D eigenvalue weighted by Crippen LogP contribution is -2.31. The maximum absolute atomic E-state index is 13.9. The first-order valence-electron chi connectivity index (χ1n) is 12.7. The zero-order chi connectivity index (χ0) is 27.4. The number of hydrogen-bond acceptors (Lipinski definition) is 4. The number of amides is 1. The van der Waals surface area contributed by atoms with Gasteiger partial charge >= 0.3 is 0 Å². The number of benzene rings is 3. The Bertz CT molecular complexity index is 1570. The van der Waals surface area contributed by atoms with Crippen molar-refractivity contribution >= 4 is 39.9 Å². The van der Waals surface area contributed by atoms with Crippen molar-refractivity contribution in [2.24, 2.45) is 0 Å². The molecule has 3 aromatic carbocycles. The lowest BCUT2D eigenvalue weighted by molar-refractivity contribution is -0.117. The van der Waals surface area contributed by atoms with Crippen molar-refractivity contribution < 1.29 is 19.1 Å². The van der Waals surface area contributed by atoms with E-state index in [1.54, 1.807) is 24.3 Å². The summed E-state index contributed by atoms with van der Waals surface area (Å²) in [6, 6.07) is 21.3. The quantitative estimate of drug-likeness (QED) is 0.265. The van der Waals surface area contributed by atoms with E-state index in [4.69, 9.17) is 16.0 Å². The van der Waals surface area contributed by atoms with Gasteiger partial charge in [0.15, 0.2) is 11.5 Å². The molecule has 1 aromatic heterocycles. The largest absolute Gasteiger partial charge is 0.503 e. The minimum atomic E-state index is -0.828. The maximum atomic E-state index is 13.9. The highest BCUT2D eigenvalue weighted by molar-refractivity contribution is 6.31. The number of anilines is 1. The molecule has 38 heavy (non-hydrogen) atoms. The maximum Gasteiger partial charge on any atom is 0.294 e. The molecular weight excluding hydrogens is 498 g/mol.